The van der Waals surface area contributed by atoms with E-state index in [9.17, 15) is 39.0 Å². The van der Waals surface area contributed by atoms with Crippen LogP contribution in [0, 0.1) is 79.9 Å². The standard InChI is InChI=1S/C19H38N4O6.C16H32N4O6.4CO2.2Gd/c1-15(2)20-8-6-5-7-16(19(28)29)23(11-9-21(3)4)12-10-22(13-17(24)25)14-18(26)27;1-18(2)7-9-20(13(16(25)26)5-3-4-6-17)10-8-19(11-14(21)22)12-15(23)24;4*2-1-3;;/h15-16,20H,5-14H2,1-4H3,(H,24,25)(H,26,27)(H,28,29);13H,3-12,17H2,1-2H3,(H,21,22)(H,23,24)(H,25,26);;;;;;/q;;;;;;2*+3. The summed E-state index contributed by atoms with van der Waals surface area (Å²) < 4.78 is 0. The molecule has 0 rings (SSSR count). The van der Waals surface area contributed by atoms with Gasteiger partial charge < -0.3 is 51.5 Å². The van der Waals surface area contributed by atoms with Gasteiger partial charge in [0.1, 0.15) is 12.1 Å². The summed E-state index contributed by atoms with van der Waals surface area (Å²) in [5, 5.41) is 58.4. The Labute approximate surface area is 464 Å². The number of nitrogens with one attached hydrogen (secondary N) is 1. The molecule has 0 amide bonds. The molecule has 0 saturated carbocycles. The van der Waals surface area contributed by atoms with Gasteiger partial charge in [0.25, 0.3) is 0 Å². The molecule has 28 nitrogen and oxygen atoms in total. The fraction of sp³-hybridized carbons (Fsp3) is 0.744. The zero-order valence-corrected chi connectivity index (χ0v) is 44.3. The van der Waals surface area contributed by atoms with Crippen LogP contribution in [0.2, 0.25) is 0 Å². The van der Waals surface area contributed by atoms with E-state index in [-0.39, 0.29) is 131 Å². The number of carboxylic acid groups (broad SMARTS) is 6. The molecule has 2 unspecified atom stereocenters. The molecular formula is C39H70Gd2N8O20+6. The Bertz CT molecular complexity index is 1410. The second-order valence-electron chi connectivity index (χ2n) is 14.6. The van der Waals surface area contributed by atoms with Crippen LogP contribution in [0.25, 0.3) is 0 Å². The first-order valence-corrected chi connectivity index (χ1v) is 20.3. The van der Waals surface area contributed by atoms with Crippen LogP contribution in [0.5, 0.6) is 0 Å². The van der Waals surface area contributed by atoms with E-state index in [4.69, 9.17) is 64.5 Å². The number of carbonyl (C=O) groups excluding carboxylic acids is 8. The molecule has 0 aliphatic heterocycles. The van der Waals surface area contributed by atoms with Crippen molar-refractivity contribution in [2.24, 2.45) is 5.73 Å². The summed E-state index contributed by atoms with van der Waals surface area (Å²) in [7, 11) is 7.55. The molecule has 0 aromatic carbocycles. The van der Waals surface area contributed by atoms with Gasteiger partial charge in [-0.2, -0.15) is 38.4 Å². The fourth-order valence-corrected chi connectivity index (χ4v) is 5.50. The second kappa shape index (κ2) is 59.0. The fourth-order valence-electron chi connectivity index (χ4n) is 5.50. The van der Waals surface area contributed by atoms with E-state index >= 15 is 0 Å². The zero-order chi connectivity index (χ0) is 53.3. The second-order valence-corrected chi connectivity index (χ2v) is 14.6. The Morgan fingerprint density at radius 2 is 0.725 bits per heavy atom. The van der Waals surface area contributed by atoms with Crippen molar-refractivity contribution in [3.8, 4) is 0 Å². The quantitative estimate of drug-likeness (QED) is 0.0290. The van der Waals surface area contributed by atoms with Crippen molar-refractivity contribution in [3.05, 3.63) is 0 Å². The Morgan fingerprint density at radius 1 is 0.464 bits per heavy atom. The number of nitrogens with two attached hydrogens (primary N) is 1. The Hall–Kier alpha value is -3.33. The predicted octanol–water partition coefficient (Wildman–Crippen LogP) is -3.49. The van der Waals surface area contributed by atoms with Crippen molar-refractivity contribution >= 4 is 60.4 Å². The minimum Gasteiger partial charge on any atom is -0.480 e. The number of likely N-dealkylation sites (N-methyl/N-ethyl adjacent to an activating group) is 2. The van der Waals surface area contributed by atoms with Crippen LogP contribution in [0.3, 0.4) is 0 Å². The molecule has 9 N–H and O–H groups in total. The minimum atomic E-state index is -1.12. The third kappa shape index (κ3) is 66.8. The van der Waals surface area contributed by atoms with Gasteiger partial charge in [-0.1, -0.05) is 26.7 Å². The van der Waals surface area contributed by atoms with E-state index < -0.39 is 74.1 Å². The summed E-state index contributed by atoms with van der Waals surface area (Å²) in [6.45, 7) is 7.00. The first-order valence-electron chi connectivity index (χ1n) is 20.3. The number of carbonyl (C=O) groups is 6. The van der Waals surface area contributed by atoms with Gasteiger partial charge in [0.05, 0.1) is 26.2 Å². The van der Waals surface area contributed by atoms with E-state index in [0.717, 1.165) is 25.8 Å². The van der Waals surface area contributed by atoms with Gasteiger partial charge in [-0.15, -0.1) is 0 Å². The number of hydrogen-bond acceptors (Lipinski definition) is 22. The first-order chi connectivity index (χ1) is 31.3. The summed E-state index contributed by atoms with van der Waals surface area (Å²) >= 11 is 0. The maximum Gasteiger partial charge on any atom is 3.00 e. The largest absolute Gasteiger partial charge is 3.00 e. The Balaban J connectivity index is -0.000000143. The molecule has 396 valence electrons. The van der Waals surface area contributed by atoms with Crippen LogP contribution in [-0.4, -0.2) is 258 Å². The molecule has 0 aromatic heterocycles. The molecule has 0 aliphatic carbocycles. The molecule has 0 bridgehead atoms. The number of hydrogen-bond donors (Lipinski definition) is 8. The third-order valence-electron chi connectivity index (χ3n) is 8.35. The smallest absolute Gasteiger partial charge is 0.480 e. The van der Waals surface area contributed by atoms with Gasteiger partial charge in [-0.05, 0) is 67.0 Å². The molecule has 0 aromatic rings. The Morgan fingerprint density at radius 3 is 0.942 bits per heavy atom. The molecule has 0 heterocycles. The Kier molecular flexibility index (Phi) is 70.6. The number of aliphatic carboxylic acids is 6. The maximum absolute atomic E-state index is 11.9. The molecule has 2 radical (unpaired) electrons. The molecule has 69 heavy (non-hydrogen) atoms. The van der Waals surface area contributed by atoms with Gasteiger partial charge in [-0.3, -0.25) is 48.4 Å². The summed E-state index contributed by atoms with van der Waals surface area (Å²) in [5.74, 6) is -6.32. The molecule has 0 aliphatic rings. The predicted molar refractivity (Wildman–Crippen MR) is 226 cm³/mol. The van der Waals surface area contributed by atoms with Crippen molar-refractivity contribution < 1.29 is 178 Å². The van der Waals surface area contributed by atoms with Crippen LogP contribution in [0.1, 0.15) is 52.4 Å². The van der Waals surface area contributed by atoms with E-state index in [2.05, 4.69) is 19.2 Å². The topological polar surface area (TPSA) is 418 Å². The monoisotopic (exact) mass is 1290 g/mol. The third-order valence-corrected chi connectivity index (χ3v) is 8.35. The van der Waals surface area contributed by atoms with Gasteiger partial charge in [0, 0.05) is 58.4 Å². The van der Waals surface area contributed by atoms with Crippen molar-refractivity contribution in [2.45, 2.75) is 70.5 Å². The van der Waals surface area contributed by atoms with Gasteiger partial charge in [0.15, 0.2) is 0 Å². The summed E-state index contributed by atoms with van der Waals surface area (Å²) in [4.78, 5) is 142. The van der Waals surface area contributed by atoms with E-state index in [1.165, 1.54) is 9.80 Å². The zero-order valence-electron chi connectivity index (χ0n) is 39.7. The van der Waals surface area contributed by atoms with Gasteiger partial charge in [0.2, 0.25) is 0 Å². The van der Waals surface area contributed by atoms with Crippen LogP contribution in [0.15, 0.2) is 0 Å². The van der Waals surface area contributed by atoms with Crippen LogP contribution in [-0.2, 0) is 67.1 Å². The van der Waals surface area contributed by atoms with Crippen LogP contribution < -0.4 is 11.1 Å². The summed E-state index contributed by atoms with van der Waals surface area (Å²) in [5.41, 5.74) is 5.47. The first kappa shape index (κ1) is 82.6. The number of carboxylic acids is 6. The average Bonchev–Trinajstić information content (AvgIpc) is 3.18. The number of nitrogens with zero attached hydrogens (tertiary/aromatic N) is 6. The SMILES string of the molecule is CC(C)NCCCCC(C(=O)O)N(CCN(C)C)CCN(CC(=O)O)CC(=O)O.CN(C)CCN(CCN(CC(=O)O)CC(=O)O)C(CCCCN)C(=O)O.O=C=O.O=C=O.O=C=O.O=C=O.[Gd+3].[Gd+3]. The van der Waals surface area contributed by atoms with Gasteiger partial charge in [-0.25, -0.2) is 0 Å². The van der Waals surface area contributed by atoms with Crippen molar-refractivity contribution in [3.63, 3.8) is 0 Å². The normalized spacial score (nSPS) is 10.6. The van der Waals surface area contributed by atoms with Crippen molar-refractivity contribution in [1.82, 2.24) is 34.7 Å². The molecule has 0 fully saturated rings. The molecule has 0 spiro atoms. The van der Waals surface area contributed by atoms with Crippen LogP contribution in [0.4, 0.5) is 0 Å². The van der Waals surface area contributed by atoms with Crippen molar-refractivity contribution in [1.29, 1.82) is 0 Å². The average molecular weight is 1290 g/mol. The number of unbranched alkanes of at least 4 members (excludes halogenated alkanes) is 2. The summed E-state index contributed by atoms with van der Waals surface area (Å²) in [6, 6.07) is -1.01. The minimum absolute atomic E-state index is 0. The van der Waals surface area contributed by atoms with E-state index in [0.29, 0.717) is 58.0 Å². The molecular weight excluding hydrogens is 1210 g/mol. The van der Waals surface area contributed by atoms with Crippen molar-refractivity contribution in [2.75, 3.05) is 120 Å². The summed E-state index contributed by atoms with van der Waals surface area (Å²) in [6.07, 6.45) is 4.96. The maximum atomic E-state index is 11.9. The van der Waals surface area contributed by atoms with E-state index in [1.54, 1.807) is 4.90 Å². The van der Waals surface area contributed by atoms with Crippen LogP contribution >= 0.6 is 0 Å². The molecule has 0 saturated heterocycles. The number of rotatable bonds is 34. The molecule has 2 atom stereocenters. The van der Waals surface area contributed by atoms with Gasteiger partial charge >= 0.3 is 140 Å². The molecule has 30 heteroatoms. The van der Waals surface area contributed by atoms with E-state index in [1.807, 2.05) is 42.9 Å².